The standard InChI is InChI=1S/C23H26F2N2O/c24-23(25)12-10-19(11-13-23)27-21-14-20(21)17-6-8-18(9-7-17)22(28)26-15-16-4-2-1-3-5-16/h1-9,19-21,27H,10-15H2,(H,26,28)/t20-,21+/m0/s1. The zero-order valence-corrected chi connectivity index (χ0v) is 15.8. The maximum Gasteiger partial charge on any atom is 0.251 e. The predicted octanol–water partition coefficient (Wildman–Crippen LogP) is 4.64. The highest BCUT2D eigenvalue weighted by molar-refractivity contribution is 5.94. The molecule has 1 amide bonds. The van der Waals surface area contributed by atoms with Gasteiger partial charge < -0.3 is 10.6 Å². The number of carbonyl (C=O) groups is 1. The van der Waals surface area contributed by atoms with Crippen molar-refractivity contribution >= 4 is 5.91 Å². The Morgan fingerprint density at radius 2 is 1.68 bits per heavy atom. The highest BCUT2D eigenvalue weighted by Gasteiger charge is 2.42. The Bertz CT molecular complexity index is 797. The minimum atomic E-state index is -2.47. The monoisotopic (exact) mass is 384 g/mol. The fourth-order valence-electron chi connectivity index (χ4n) is 4.02. The van der Waals surface area contributed by atoms with Crippen LogP contribution in [0.1, 0.15) is 59.5 Å². The molecule has 0 heterocycles. The number of halogens is 2. The van der Waals surface area contributed by atoms with Crippen molar-refractivity contribution in [2.24, 2.45) is 0 Å². The van der Waals surface area contributed by atoms with Crippen molar-refractivity contribution < 1.29 is 13.6 Å². The molecular formula is C23H26F2N2O. The van der Waals surface area contributed by atoms with Crippen molar-refractivity contribution in [3.05, 3.63) is 71.3 Å². The summed E-state index contributed by atoms with van der Waals surface area (Å²) in [6.07, 6.45) is 2.13. The van der Waals surface area contributed by atoms with Gasteiger partial charge in [0.15, 0.2) is 0 Å². The molecule has 2 saturated carbocycles. The van der Waals surface area contributed by atoms with Gasteiger partial charge >= 0.3 is 0 Å². The third-order valence-electron chi connectivity index (χ3n) is 5.85. The number of nitrogens with one attached hydrogen (secondary N) is 2. The van der Waals surface area contributed by atoms with E-state index >= 15 is 0 Å². The smallest absolute Gasteiger partial charge is 0.251 e. The summed E-state index contributed by atoms with van der Waals surface area (Å²) in [7, 11) is 0. The third-order valence-corrected chi connectivity index (χ3v) is 5.85. The molecule has 2 aliphatic rings. The molecule has 2 aromatic carbocycles. The first-order valence-electron chi connectivity index (χ1n) is 10.1. The van der Waals surface area contributed by atoms with E-state index in [4.69, 9.17) is 0 Å². The molecule has 0 aromatic heterocycles. The molecular weight excluding hydrogens is 358 g/mol. The van der Waals surface area contributed by atoms with Crippen molar-refractivity contribution in [2.45, 2.75) is 62.6 Å². The highest BCUT2D eigenvalue weighted by Crippen LogP contribution is 2.42. The van der Waals surface area contributed by atoms with E-state index in [2.05, 4.69) is 10.6 Å². The minimum Gasteiger partial charge on any atom is -0.348 e. The van der Waals surface area contributed by atoms with Gasteiger partial charge in [-0.2, -0.15) is 0 Å². The molecule has 2 fully saturated rings. The summed E-state index contributed by atoms with van der Waals surface area (Å²) >= 11 is 0. The van der Waals surface area contributed by atoms with Gasteiger partial charge in [-0.05, 0) is 42.5 Å². The topological polar surface area (TPSA) is 41.1 Å². The Morgan fingerprint density at radius 1 is 1.00 bits per heavy atom. The lowest BCUT2D eigenvalue weighted by atomic mass is 9.92. The van der Waals surface area contributed by atoms with E-state index in [1.165, 1.54) is 5.56 Å². The molecule has 2 aromatic rings. The fraction of sp³-hybridized carbons (Fsp3) is 0.435. The van der Waals surface area contributed by atoms with Crippen LogP contribution in [0.25, 0.3) is 0 Å². The van der Waals surface area contributed by atoms with Crippen LogP contribution in [0.4, 0.5) is 8.78 Å². The first-order valence-corrected chi connectivity index (χ1v) is 10.1. The molecule has 28 heavy (non-hydrogen) atoms. The zero-order valence-electron chi connectivity index (χ0n) is 15.8. The number of benzene rings is 2. The van der Waals surface area contributed by atoms with Crippen LogP contribution in [0.5, 0.6) is 0 Å². The average Bonchev–Trinajstić information content (AvgIpc) is 3.48. The van der Waals surface area contributed by atoms with E-state index in [0.29, 0.717) is 36.9 Å². The zero-order chi connectivity index (χ0) is 19.6. The summed E-state index contributed by atoms with van der Waals surface area (Å²) in [5.74, 6) is -2.13. The molecule has 0 unspecified atom stereocenters. The summed E-state index contributed by atoms with van der Waals surface area (Å²) in [4.78, 5) is 12.3. The van der Waals surface area contributed by atoms with Crippen molar-refractivity contribution in [1.29, 1.82) is 0 Å². The molecule has 2 aliphatic carbocycles. The number of rotatable bonds is 6. The minimum absolute atomic E-state index is 0.00512. The summed E-state index contributed by atoms with van der Waals surface area (Å²) in [6.45, 7) is 0.510. The first-order chi connectivity index (χ1) is 13.5. The van der Waals surface area contributed by atoms with Gasteiger partial charge in [0.2, 0.25) is 5.92 Å². The molecule has 2 N–H and O–H groups in total. The lowest BCUT2D eigenvalue weighted by molar-refractivity contribution is -0.0405. The van der Waals surface area contributed by atoms with E-state index in [0.717, 1.165) is 12.0 Å². The van der Waals surface area contributed by atoms with Gasteiger partial charge in [-0.1, -0.05) is 42.5 Å². The van der Waals surface area contributed by atoms with Crippen LogP contribution in [0, 0.1) is 0 Å². The molecule has 0 aliphatic heterocycles. The summed E-state index contributed by atoms with van der Waals surface area (Å²) in [5, 5.41) is 6.48. The van der Waals surface area contributed by atoms with Gasteiger partial charge in [0.05, 0.1) is 0 Å². The number of alkyl halides is 2. The molecule has 148 valence electrons. The molecule has 2 atom stereocenters. The maximum absolute atomic E-state index is 13.3. The number of hydrogen-bond donors (Lipinski definition) is 2. The Morgan fingerprint density at radius 3 is 2.36 bits per heavy atom. The second-order valence-electron chi connectivity index (χ2n) is 8.04. The quantitative estimate of drug-likeness (QED) is 0.762. The second-order valence-corrected chi connectivity index (χ2v) is 8.04. The molecule has 0 spiro atoms. The molecule has 0 bridgehead atoms. The van der Waals surface area contributed by atoms with Crippen LogP contribution >= 0.6 is 0 Å². The van der Waals surface area contributed by atoms with E-state index in [-0.39, 0.29) is 24.8 Å². The van der Waals surface area contributed by atoms with Gasteiger partial charge in [-0.3, -0.25) is 4.79 Å². The van der Waals surface area contributed by atoms with Crippen molar-refractivity contribution in [3.63, 3.8) is 0 Å². The number of hydrogen-bond acceptors (Lipinski definition) is 2. The largest absolute Gasteiger partial charge is 0.348 e. The van der Waals surface area contributed by atoms with Crippen LogP contribution in [0.3, 0.4) is 0 Å². The fourth-order valence-corrected chi connectivity index (χ4v) is 4.02. The van der Waals surface area contributed by atoms with Gasteiger partial charge in [0.25, 0.3) is 5.91 Å². The molecule has 3 nitrogen and oxygen atoms in total. The normalized spacial score (nSPS) is 23.9. The van der Waals surface area contributed by atoms with Crippen molar-refractivity contribution in [2.75, 3.05) is 0 Å². The van der Waals surface area contributed by atoms with Crippen LogP contribution < -0.4 is 10.6 Å². The number of amides is 1. The van der Waals surface area contributed by atoms with E-state index in [1.54, 1.807) is 0 Å². The average molecular weight is 384 g/mol. The van der Waals surface area contributed by atoms with Gasteiger partial charge in [-0.25, -0.2) is 8.78 Å². The lowest BCUT2D eigenvalue weighted by Gasteiger charge is -2.29. The van der Waals surface area contributed by atoms with E-state index in [1.807, 2.05) is 54.6 Å². The Balaban J connectivity index is 1.25. The molecule has 5 heteroatoms. The Kier molecular flexibility index (Phi) is 5.44. The highest BCUT2D eigenvalue weighted by atomic mass is 19.3. The van der Waals surface area contributed by atoms with Crippen LogP contribution in [0.15, 0.2) is 54.6 Å². The van der Waals surface area contributed by atoms with Crippen LogP contribution in [0.2, 0.25) is 0 Å². The van der Waals surface area contributed by atoms with Crippen molar-refractivity contribution in [3.8, 4) is 0 Å². The summed E-state index contributed by atoms with van der Waals surface area (Å²) in [6, 6.07) is 18.2. The Hall–Kier alpha value is -2.27. The third kappa shape index (κ3) is 4.76. The predicted molar refractivity (Wildman–Crippen MR) is 106 cm³/mol. The van der Waals surface area contributed by atoms with Crippen LogP contribution in [-0.2, 0) is 6.54 Å². The molecule has 0 radical (unpaired) electrons. The molecule has 0 saturated heterocycles. The SMILES string of the molecule is O=C(NCc1ccccc1)c1ccc([C@@H]2C[C@H]2NC2CCC(F)(F)CC2)cc1. The molecule has 4 rings (SSSR count). The van der Waals surface area contributed by atoms with E-state index in [9.17, 15) is 13.6 Å². The van der Waals surface area contributed by atoms with Crippen molar-refractivity contribution in [1.82, 2.24) is 10.6 Å². The summed E-state index contributed by atoms with van der Waals surface area (Å²) in [5.41, 5.74) is 2.93. The first kappa shape index (κ1) is 19.1. The van der Waals surface area contributed by atoms with Gasteiger partial charge in [0.1, 0.15) is 0 Å². The van der Waals surface area contributed by atoms with Gasteiger partial charge in [-0.15, -0.1) is 0 Å². The van der Waals surface area contributed by atoms with Crippen LogP contribution in [-0.4, -0.2) is 23.9 Å². The lowest BCUT2D eigenvalue weighted by Crippen LogP contribution is -2.38. The van der Waals surface area contributed by atoms with E-state index < -0.39 is 5.92 Å². The second kappa shape index (κ2) is 8.00. The summed E-state index contributed by atoms with van der Waals surface area (Å²) < 4.78 is 26.5. The maximum atomic E-state index is 13.3. The van der Waals surface area contributed by atoms with Gasteiger partial charge in [0, 0.05) is 43.0 Å². The Labute approximate surface area is 164 Å². The number of carbonyl (C=O) groups excluding carboxylic acids is 1.